The van der Waals surface area contributed by atoms with Gasteiger partial charge in [0.2, 0.25) is 0 Å². The first-order chi connectivity index (χ1) is 9.36. The number of H-pyrrole nitrogens is 1. The van der Waals surface area contributed by atoms with E-state index in [1.165, 1.54) is 10.8 Å². The first-order valence-electron chi connectivity index (χ1n) is 6.35. The summed E-state index contributed by atoms with van der Waals surface area (Å²) in [5, 5.41) is 9.45. The Morgan fingerprint density at radius 2 is 2.20 bits per heavy atom. The number of hydrogen-bond donors (Lipinski definition) is 2. The largest absolute Gasteiger partial charge is 0.385 e. The number of rotatable bonds is 2. The molecule has 0 aromatic carbocycles. The minimum Gasteiger partial charge on any atom is -0.385 e. The van der Waals surface area contributed by atoms with Crippen LogP contribution in [0.3, 0.4) is 0 Å². The van der Waals surface area contributed by atoms with Gasteiger partial charge >= 0.3 is 11.4 Å². The first-order valence-corrected chi connectivity index (χ1v) is 6.35. The molecule has 1 aliphatic rings. The Bertz CT molecular complexity index is 671. The number of aryl methyl sites for hydroxylation is 1. The lowest BCUT2D eigenvalue weighted by Gasteiger charge is -2.18. The van der Waals surface area contributed by atoms with E-state index < -0.39 is 29.8 Å². The summed E-state index contributed by atoms with van der Waals surface area (Å²) in [5.41, 5.74) is -1.97. The van der Waals surface area contributed by atoms with Gasteiger partial charge in [-0.25, -0.2) is 11.4 Å². The van der Waals surface area contributed by atoms with Gasteiger partial charge in [0.1, 0.15) is 12.8 Å². The Balaban J connectivity index is 2.51. The van der Waals surface area contributed by atoms with Crippen molar-refractivity contribution in [2.45, 2.75) is 32.7 Å². The van der Waals surface area contributed by atoms with Gasteiger partial charge in [-0.15, -0.1) is 0 Å². The Labute approximate surface area is 115 Å². The number of ether oxygens (including phenoxy) is 1. The molecule has 0 bridgehead atoms. The predicted octanol–water partition coefficient (Wildman–Crippen LogP) is 0.254. The average Bonchev–Trinajstić information content (AvgIpc) is 2.68. The summed E-state index contributed by atoms with van der Waals surface area (Å²) in [5.74, 6) is -0.395. The monoisotopic (exact) mass is 279 g/mol. The van der Waals surface area contributed by atoms with E-state index in [-0.39, 0.29) is 11.8 Å². The zero-order valence-corrected chi connectivity index (χ0v) is 11.6. The molecule has 0 radical (unpaired) electrons. The van der Waals surface area contributed by atoms with Crippen LogP contribution < -0.4 is 11.2 Å². The predicted molar refractivity (Wildman–Crippen MR) is 70.9 cm³/mol. The van der Waals surface area contributed by atoms with E-state index >= 15 is 0 Å². The van der Waals surface area contributed by atoms with Gasteiger partial charge in [0, 0.05) is 17.7 Å². The van der Waals surface area contributed by atoms with E-state index in [9.17, 15) is 14.7 Å². The molecule has 1 aliphatic heterocycles. The van der Waals surface area contributed by atoms with Crippen LogP contribution in [0.2, 0.25) is 0 Å². The second kappa shape index (κ2) is 4.89. The van der Waals surface area contributed by atoms with E-state index in [0.29, 0.717) is 5.56 Å². The third-order valence-electron chi connectivity index (χ3n) is 4.11. The van der Waals surface area contributed by atoms with E-state index in [1.807, 2.05) is 13.8 Å². The van der Waals surface area contributed by atoms with Gasteiger partial charge in [0.15, 0.2) is 0 Å². The quantitative estimate of drug-likeness (QED) is 0.760. The minimum atomic E-state index is -1.34. The molecule has 2 N–H and O–H groups in total. The Kier molecular flexibility index (Phi) is 3.54. The molecule has 0 spiro atoms. The number of nitrogens with zero attached hydrogens (tertiary/aromatic N) is 2. The fraction of sp³-hybridized carbons (Fsp3) is 0.615. The van der Waals surface area contributed by atoms with Gasteiger partial charge in [0.05, 0.1) is 5.92 Å². The maximum absolute atomic E-state index is 11.9. The second-order valence-electron chi connectivity index (χ2n) is 5.25. The Morgan fingerprint density at radius 1 is 1.55 bits per heavy atom. The van der Waals surface area contributed by atoms with E-state index in [4.69, 9.17) is 11.3 Å². The number of aromatic amines is 1. The van der Waals surface area contributed by atoms with Gasteiger partial charge in [-0.05, 0) is 6.92 Å². The number of aliphatic hydroxyl groups is 1. The third-order valence-corrected chi connectivity index (χ3v) is 4.11. The summed E-state index contributed by atoms with van der Waals surface area (Å²) in [6.45, 7) is 12.1. The van der Waals surface area contributed by atoms with Crippen LogP contribution in [0.25, 0.3) is 4.85 Å². The molecule has 108 valence electrons. The van der Waals surface area contributed by atoms with Gasteiger partial charge in [-0.3, -0.25) is 23.9 Å². The van der Waals surface area contributed by atoms with Crippen molar-refractivity contribution in [3.63, 3.8) is 0 Å². The lowest BCUT2D eigenvalue weighted by Crippen LogP contribution is -2.36. The molecule has 1 aromatic rings. The minimum absolute atomic E-state index is 0.153. The topological polar surface area (TPSA) is 88.7 Å². The molecule has 4 unspecified atom stereocenters. The van der Waals surface area contributed by atoms with Crippen LogP contribution in [0.5, 0.6) is 0 Å². The molecule has 1 saturated heterocycles. The van der Waals surface area contributed by atoms with Crippen molar-refractivity contribution in [3.8, 4) is 0 Å². The average molecular weight is 279 g/mol. The van der Waals surface area contributed by atoms with Crippen molar-refractivity contribution in [2.75, 3.05) is 6.61 Å². The zero-order chi connectivity index (χ0) is 15.1. The number of aromatic nitrogens is 2. The molecule has 20 heavy (non-hydrogen) atoms. The summed E-state index contributed by atoms with van der Waals surface area (Å²) in [6, 6.07) is 0. The lowest BCUT2D eigenvalue weighted by molar-refractivity contribution is -0.0854. The number of hydrogen-bond acceptors (Lipinski definition) is 4. The molecule has 7 heteroatoms. The van der Waals surface area contributed by atoms with Crippen molar-refractivity contribution >= 4 is 0 Å². The van der Waals surface area contributed by atoms with Crippen LogP contribution in [0.1, 0.15) is 25.6 Å². The fourth-order valence-electron chi connectivity index (χ4n) is 2.51. The van der Waals surface area contributed by atoms with Crippen molar-refractivity contribution in [3.05, 3.63) is 44.0 Å². The molecular weight excluding hydrogens is 262 g/mol. The Hall–Kier alpha value is -1.91. The molecule has 4 atom stereocenters. The first kappa shape index (κ1) is 14.5. The van der Waals surface area contributed by atoms with Crippen LogP contribution in [0.15, 0.2) is 15.8 Å². The fourth-order valence-corrected chi connectivity index (χ4v) is 2.51. The van der Waals surface area contributed by atoms with Crippen molar-refractivity contribution in [2.24, 2.45) is 11.8 Å². The molecule has 0 amide bonds. The molecule has 1 fully saturated rings. The van der Waals surface area contributed by atoms with Crippen molar-refractivity contribution in [1.29, 1.82) is 0 Å². The van der Waals surface area contributed by atoms with Gasteiger partial charge < -0.3 is 5.11 Å². The molecular formula is C13H17N3O4. The van der Waals surface area contributed by atoms with Crippen molar-refractivity contribution < 1.29 is 9.84 Å². The number of nitrogens with one attached hydrogen (secondary N) is 1. The maximum Gasteiger partial charge on any atom is 0.364 e. The van der Waals surface area contributed by atoms with E-state index in [2.05, 4.69) is 9.83 Å². The number of aliphatic hydroxyl groups excluding tert-OH is 1. The summed E-state index contributed by atoms with van der Waals surface area (Å²) in [7, 11) is 0. The zero-order valence-electron chi connectivity index (χ0n) is 11.6. The SMILES string of the molecule is [C-]#[N+]C1(CO)OC(n2cc(C)c(=O)[nH]c2=O)C(C)C1C. The van der Waals surface area contributed by atoms with E-state index in [0.717, 1.165) is 0 Å². The maximum atomic E-state index is 11.9. The van der Waals surface area contributed by atoms with Crippen LogP contribution in [-0.2, 0) is 4.74 Å². The highest BCUT2D eigenvalue weighted by Crippen LogP contribution is 2.45. The molecule has 2 heterocycles. The highest BCUT2D eigenvalue weighted by molar-refractivity contribution is 5.06. The summed E-state index contributed by atoms with van der Waals surface area (Å²) in [4.78, 5) is 28.9. The lowest BCUT2D eigenvalue weighted by atomic mass is 9.89. The van der Waals surface area contributed by atoms with E-state index in [1.54, 1.807) is 6.92 Å². The molecule has 7 nitrogen and oxygen atoms in total. The molecule has 0 saturated carbocycles. The Morgan fingerprint density at radius 3 is 2.70 bits per heavy atom. The summed E-state index contributed by atoms with van der Waals surface area (Å²) < 4.78 is 6.95. The van der Waals surface area contributed by atoms with Gasteiger partial charge in [-0.1, -0.05) is 13.8 Å². The van der Waals surface area contributed by atoms with Gasteiger partial charge in [-0.2, -0.15) is 0 Å². The second-order valence-corrected chi connectivity index (χ2v) is 5.25. The summed E-state index contributed by atoms with van der Waals surface area (Å²) in [6.07, 6.45) is 0.737. The third kappa shape index (κ3) is 1.97. The molecule has 2 rings (SSSR count). The summed E-state index contributed by atoms with van der Waals surface area (Å²) >= 11 is 0. The normalized spacial score (nSPS) is 33.0. The highest BCUT2D eigenvalue weighted by Gasteiger charge is 2.57. The van der Waals surface area contributed by atoms with Crippen LogP contribution >= 0.6 is 0 Å². The standard InChI is InChI=1S/C13H17N3O4/c1-7-5-16(12(19)15-10(7)18)11-8(2)9(3)13(6-17,14-4)20-11/h5,8-9,11,17H,6H2,1-3H3,(H,15,18,19). The molecule has 0 aliphatic carbocycles. The van der Waals surface area contributed by atoms with Crippen LogP contribution in [0.4, 0.5) is 0 Å². The smallest absolute Gasteiger partial charge is 0.364 e. The van der Waals surface area contributed by atoms with Crippen molar-refractivity contribution in [1.82, 2.24) is 9.55 Å². The molecule has 1 aromatic heterocycles. The highest BCUT2D eigenvalue weighted by atomic mass is 16.6. The van der Waals surface area contributed by atoms with Crippen LogP contribution in [-0.4, -0.2) is 27.0 Å². The van der Waals surface area contributed by atoms with Gasteiger partial charge in [0.25, 0.3) is 5.56 Å². The van der Waals surface area contributed by atoms with Crippen LogP contribution in [0, 0.1) is 25.3 Å².